The van der Waals surface area contributed by atoms with Crippen LogP contribution in [0, 0.1) is 29.1 Å². The van der Waals surface area contributed by atoms with Crippen LogP contribution in [0.1, 0.15) is 66.7 Å². The minimum Gasteiger partial charge on any atom is -0.393 e. The van der Waals surface area contributed by atoms with Crippen molar-refractivity contribution in [2.24, 2.45) is 29.1 Å². The van der Waals surface area contributed by atoms with Crippen LogP contribution in [0.3, 0.4) is 0 Å². The Bertz CT molecular complexity index is 382. The second-order valence-corrected chi connectivity index (χ2v) is 8.44. The normalized spacial score (nSPS) is 40.2. The Morgan fingerprint density at radius 3 is 2.43 bits per heavy atom. The van der Waals surface area contributed by atoms with Crippen molar-refractivity contribution >= 4 is 0 Å². The fraction of sp³-hybridized carbons (Fsp3) is 0.895. The number of aliphatic hydroxyl groups excluding tert-OH is 1. The van der Waals surface area contributed by atoms with E-state index in [0.717, 1.165) is 6.42 Å². The summed E-state index contributed by atoms with van der Waals surface area (Å²) in [5.41, 5.74) is -0.348. The molecule has 0 aromatic carbocycles. The molecule has 0 bridgehead atoms. The average molecular weight is 294 g/mol. The fourth-order valence-corrected chi connectivity index (χ4v) is 4.76. The maximum Gasteiger partial charge on any atom is 0.0651 e. The molecule has 0 aromatic heterocycles. The third kappa shape index (κ3) is 3.37. The molecule has 2 heteroatoms. The Morgan fingerprint density at radius 2 is 1.81 bits per heavy atom. The zero-order valence-corrected chi connectivity index (χ0v) is 14.5. The van der Waals surface area contributed by atoms with Crippen LogP contribution in [0.5, 0.6) is 0 Å². The molecule has 0 spiro atoms. The number of aliphatic hydroxyl groups is 2. The lowest BCUT2D eigenvalue weighted by molar-refractivity contribution is -0.0232. The molecule has 2 rings (SSSR count). The van der Waals surface area contributed by atoms with Gasteiger partial charge < -0.3 is 10.2 Å². The Labute approximate surface area is 130 Å². The average Bonchev–Trinajstić information content (AvgIpc) is 2.73. The Kier molecular flexibility index (Phi) is 4.90. The molecule has 2 saturated carbocycles. The van der Waals surface area contributed by atoms with Gasteiger partial charge in [0.05, 0.1) is 11.7 Å². The second kappa shape index (κ2) is 6.04. The summed E-state index contributed by atoms with van der Waals surface area (Å²) >= 11 is 0. The smallest absolute Gasteiger partial charge is 0.0651 e. The van der Waals surface area contributed by atoms with Crippen molar-refractivity contribution in [2.75, 3.05) is 0 Å². The molecule has 0 heterocycles. The molecule has 2 aliphatic carbocycles. The molecule has 6 atom stereocenters. The van der Waals surface area contributed by atoms with Crippen LogP contribution in [-0.4, -0.2) is 21.9 Å². The Hall–Kier alpha value is -0.340. The van der Waals surface area contributed by atoms with Gasteiger partial charge in [-0.25, -0.2) is 0 Å². The molecular weight excluding hydrogens is 260 g/mol. The minimum absolute atomic E-state index is 0.0831. The van der Waals surface area contributed by atoms with Gasteiger partial charge in [0.1, 0.15) is 0 Å². The van der Waals surface area contributed by atoms with E-state index in [1.165, 1.54) is 25.7 Å². The highest BCUT2D eigenvalue weighted by Crippen LogP contribution is 2.57. The molecule has 0 unspecified atom stereocenters. The first-order valence-electron chi connectivity index (χ1n) is 8.75. The summed E-state index contributed by atoms with van der Waals surface area (Å²) in [7, 11) is 0. The summed E-state index contributed by atoms with van der Waals surface area (Å²) in [5, 5.41) is 20.4. The fourth-order valence-electron chi connectivity index (χ4n) is 4.76. The van der Waals surface area contributed by atoms with Gasteiger partial charge in [0.15, 0.2) is 0 Å². The molecule has 0 aliphatic heterocycles. The molecule has 2 nitrogen and oxygen atoms in total. The van der Waals surface area contributed by atoms with E-state index in [-0.39, 0.29) is 12.0 Å². The van der Waals surface area contributed by atoms with Crippen molar-refractivity contribution in [3.8, 4) is 0 Å². The summed E-state index contributed by atoms with van der Waals surface area (Å²) in [5.74, 6) is 1.86. The van der Waals surface area contributed by atoms with Gasteiger partial charge in [-0.3, -0.25) is 0 Å². The highest BCUT2D eigenvalue weighted by molar-refractivity contribution is 5.06. The molecule has 0 radical (unpaired) electrons. The van der Waals surface area contributed by atoms with Crippen molar-refractivity contribution < 1.29 is 10.2 Å². The van der Waals surface area contributed by atoms with Crippen LogP contribution in [0.2, 0.25) is 0 Å². The van der Waals surface area contributed by atoms with Crippen LogP contribution in [-0.2, 0) is 0 Å². The molecule has 0 saturated heterocycles. The number of hydrogen-bond donors (Lipinski definition) is 2. The quantitative estimate of drug-likeness (QED) is 0.764. The lowest BCUT2D eigenvalue weighted by atomic mass is 9.62. The summed E-state index contributed by atoms with van der Waals surface area (Å²) < 4.78 is 0. The second-order valence-electron chi connectivity index (χ2n) is 8.44. The van der Waals surface area contributed by atoms with Gasteiger partial charge in [-0.15, -0.1) is 0 Å². The van der Waals surface area contributed by atoms with Gasteiger partial charge in [0, 0.05) is 5.92 Å². The van der Waals surface area contributed by atoms with Gasteiger partial charge in [-0.05, 0) is 62.7 Å². The van der Waals surface area contributed by atoms with Crippen LogP contribution in [0.15, 0.2) is 12.2 Å². The van der Waals surface area contributed by atoms with Gasteiger partial charge in [0.25, 0.3) is 0 Å². The summed E-state index contributed by atoms with van der Waals surface area (Å²) in [6.45, 7) is 10.5. The van der Waals surface area contributed by atoms with E-state index in [9.17, 15) is 10.2 Å². The van der Waals surface area contributed by atoms with E-state index >= 15 is 0 Å². The molecular formula is C19H34O2. The van der Waals surface area contributed by atoms with Crippen LogP contribution in [0.4, 0.5) is 0 Å². The minimum atomic E-state index is -0.653. The van der Waals surface area contributed by atoms with Crippen LogP contribution in [0.25, 0.3) is 0 Å². The first kappa shape index (κ1) is 17.0. The summed E-state index contributed by atoms with van der Waals surface area (Å²) in [4.78, 5) is 0. The third-order valence-electron chi connectivity index (χ3n) is 6.61. The van der Waals surface area contributed by atoms with Crippen molar-refractivity contribution in [1.82, 2.24) is 0 Å². The summed E-state index contributed by atoms with van der Waals surface area (Å²) in [6, 6.07) is 0. The van der Waals surface area contributed by atoms with Gasteiger partial charge in [0.2, 0.25) is 0 Å². The van der Waals surface area contributed by atoms with Crippen molar-refractivity contribution in [3.63, 3.8) is 0 Å². The van der Waals surface area contributed by atoms with E-state index in [4.69, 9.17) is 0 Å². The van der Waals surface area contributed by atoms with Gasteiger partial charge in [-0.2, -0.15) is 0 Å². The largest absolute Gasteiger partial charge is 0.393 e. The van der Waals surface area contributed by atoms with E-state index in [2.05, 4.69) is 32.9 Å². The molecule has 2 aliphatic rings. The topological polar surface area (TPSA) is 40.5 Å². The lowest BCUT2D eigenvalue weighted by Crippen LogP contribution is -2.41. The SMILES string of the molecule is C[C@H](/C=C/[C@H](C)C(C)(C)O)[C@H]1CC[C@H]2[C@@H](O)CCC[C@]12C. The van der Waals surface area contributed by atoms with E-state index in [0.29, 0.717) is 23.2 Å². The highest BCUT2D eigenvalue weighted by Gasteiger charge is 2.51. The van der Waals surface area contributed by atoms with Crippen molar-refractivity contribution in [2.45, 2.75) is 78.4 Å². The predicted molar refractivity (Wildman–Crippen MR) is 87.9 cm³/mol. The number of fused-ring (bicyclic) bond motifs is 1. The van der Waals surface area contributed by atoms with Gasteiger partial charge in [-0.1, -0.05) is 39.3 Å². The number of hydrogen-bond acceptors (Lipinski definition) is 2. The summed E-state index contributed by atoms with van der Waals surface area (Å²) in [6.07, 6.45) is 10.2. The van der Waals surface area contributed by atoms with Crippen molar-refractivity contribution in [3.05, 3.63) is 12.2 Å². The molecule has 21 heavy (non-hydrogen) atoms. The molecule has 122 valence electrons. The molecule has 0 aromatic rings. The lowest BCUT2D eigenvalue weighted by Gasteiger charge is -2.44. The van der Waals surface area contributed by atoms with E-state index < -0.39 is 5.60 Å². The first-order chi connectivity index (χ1) is 9.66. The zero-order chi connectivity index (χ0) is 15.8. The standard InChI is InChI=1S/C19H34O2/c1-13(8-9-14(2)18(3,4)21)15-10-11-16-17(20)7-6-12-19(15,16)5/h8-9,13-17,20-21H,6-7,10-12H2,1-5H3/b9-8+/t13-,14+,15-,16+,17+,19-/m1/s1. The predicted octanol–water partition coefficient (Wildman–Crippen LogP) is 4.16. The maximum atomic E-state index is 10.3. The Balaban J connectivity index is 2.06. The van der Waals surface area contributed by atoms with Crippen LogP contribution >= 0.6 is 0 Å². The highest BCUT2D eigenvalue weighted by atomic mass is 16.3. The van der Waals surface area contributed by atoms with E-state index in [1.807, 2.05) is 13.8 Å². The zero-order valence-electron chi connectivity index (χ0n) is 14.5. The van der Waals surface area contributed by atoms with E-state index in [1.54, 1.807) is 0 Å². The molecule has 2 N–H and O–H groups in total. The molecule has 0 amide bonds. The number of allylic oxidation sites excluding steroid dienone is 1. The van der Waals surface area contributed by atoms with Crippen LogP contribution < -0.4 is 0 Å². The third-order valence-corrected chi connectivity index (χ3v) is 6.61. The first-order valence-corrected chi connectivity index (χ1v) is 8.75. The molecule has 2 fully saturated rings. The Morgan fingerprint density at radius 1 is 1.14 bits per heavy atom. The number of rotatable bonds is 4. The monoisotopic (exact) mass is 294 g/mol. The maximum absolute atomic E-state index is 10.3. The van der Waals surface area contributed by atoms with Crippen molar-refractivity contribution in [1.29, 1.82) is 0 Å². The van der Waals surface area contributed by atoms with Gasteiger partial charge >= 0.3 is 0 Å².